The quantitative estimate of drug-likeness (QED) is 0.772. The maximum Gasteiger partial charge on any atom is 0.337 e. The minimum Gasteiger partial charge on any atom is -0.478 e. The van der Waals surface area contributed by atoms with Crippen LogP contribution < -0.4 is 5.32 Å². The van der Waals surface area contributed by atoms with Gasteiger partial charge in [-0.25, -0.2) is 4.79 Å². The number of anilines is 1. The maximum atomic E-state index is 12.2. The van der Waals surface area contributed by atoms with Crippen molar-refractivity contribution in [3.05, 3.63) is 65.6 Å². The van der Waals surface area contributed by atoms with Gasteiger partial charge < -0.3 is 14.8 Å². The molecule has 110 valence electrons. The molecular weight excluding hydrogens is 282 g/mol. The lowest BCUT2D eigenvalue weighted by molar-refractivity contribution is 0.0698. The van der Waals surface area contributed by atoms with E-state index in [4.69, 9.17) is 4.42 Å². The van der Waals surface area contributed by atoms with Gasteiger partial charge in [-0.3, -0.25) is 4.79 Å². The van der Waals surface area contributed by atoms with E-state index in [-0.39, 0.29) is 11.3 Å². The molecule has 0 radical (unpaired) electrons. The SMILES string of the molecule is Cc1occc1C(=O)Nc1cc2ccccc2cc1C(=O)O. The van der Waals surface area contributed by atoms with Crippen molar-refractivity contribution < 1.29 is 19.1 Å². The molecule has 1 amide bonds. The monoisotopic (exact) mass is 295 g/mol. The predicted octanol–water partition coefficient (Wildman–Crippen LogP) is 3.69. The molecule has 0 bridgehead atoms. The predicted molar refractivity (Wildman–Crippen MR) is 82.3 cm³/mol. The molecule has 5 heteroatoms. The Bertz CT molecular complexity index is 879. The molecule has 0 saturated carbocycles. The van der Waals surface area contributed by atoms with Gasteiger partial charge in [-0.15, -0.1) is 0 Å². The van der Waals surface area contributed by atoms with Crippen molar-refractivity contribution in [3.8, 4) is 0 Å². The fourth-order valence-corrected chi connectivity index (χ4v) is 2.33. The first-order valence-electron chi connectivity index (χ1n) is 6.68. The average Bonchev–Trinajstić information content (AvgIpc) is 2.92. The number of aromatic carboxylic acids is 1. The van der Waals surface area contributed by atoms with Crippen molar-refractivity contribution in [2.45, 2.75) is 6.92 Å². The third kappa shape index (κ3) is 2.44. The second-order valence-corrected chi connectivity index (χ2v) is 4.89. The average molecular weight is 295 g/mol. The van der Waals surface area contributed by atoms with Gasteiger partial charge in [0, 0.05) is 0 Å². The van der Waals surface area contributed by atoms with Crippen molar-refractivity contribution in [1.29, 1.82) is 0 Å². The Balaban J connectivity index is 2.05. The Labute approximate surface area is 126 Å². The van der Waals surface area contributed by atoms with Crippen LogP contribution in [0.4, 0.5) is 5.69 Å². The first kappa shape index (κ1) is 13.9. The lowest BCUT2D eigenvalue weighted by Gasteiger charge is -2.10. The van der Waals surface area contributed by atoms with Crippen molar-refractivity contribution in [2.75, 3.05) is 5.32 Å². The van der Waals surface area contributed by atoms with Gasteiger partial charge in [0.1, 0.15) is 5.76 Å². The molecule has 0 unspecified atom stereocenters. The van der Waals surface area contributed by atoms with Crippen LogP contribution in [0.5, 0.6) is 0 Å². The zero-order chi connectivity index (χ0) is 15.7. The molecule has 0 aliphatic heterocycles. The van der Waals surface area contributed by atoms with Gasteiger partial charge in [-0.1, -0.05) is 24.3 Å². The number of hydrogen-bond donors (Lipinski definition) is 2. The van der Waals surface area contributed by atoms with Crippen LogP contribution in [0.2, 0.25) is 0 Å². The first-order chi connectivity index (χ1) is 10.6. The van der Waals surface area contributed by atoms with E-state index in [9.17, 15) is 14.7 Å². The van der Waals surface area contributed by atoms with Crippen molar-refractivity contribution in [3.63, 3.8) is 0 Å². The van der Waals surface area contributed by atoms with E-state index in [0.29, 0.717) is 11.3 Å². The minimum atomic E-state index is -1.09. The van der Waals surface area contributed by atoms with E-state index in [2.05, 4.69) is 5.32 Å². The highest BCUT2D eigenvalue weighted by Gasteiger charge is 2.17. The van der Waals surface area contributed by atoms with E-state index in [1.807, 2.05) is 24.3 Å². The standard InChI is InChI=1S/C17H13NO4/c1-10-13(6-7-22-10)16(19)18-15-9-12-5-3-2-4-11(12)8-14(15)17(20)21/h2-9H,1H3,(H,18,19)(H,20,21). The third-order valence-corrected chi connectivity index (χ3v) is 3.47. The molecule has 0 saturated heterocycles. The third-order valence-electron chi connectivity index (χ3n) is 3.47. The molecule has 0 aliphatic carbocycles. The number of hydrogen-bond acceptors (Lipinski definition) is 3. The Morgan fingerprint density at radius 3 is 2.32 bits per heavy atom. The molecule has 0 spiro atoms. The van der Waals surface area contributed by atoms with Gasteiger partial charge >= 0.3 is 5.97 Å². The number of furan rings is 1. The largest absolute Gasteiger partial charge is 0.478 e. The van der Waals surface area contributed by atoms with Crippen LogP contribution in [0.3, 0.4) is 0 Å². The molecule has 2 N–H and O–H groups in total. The van der Waals surface area contributed by atoms with Gasteiger partial charge in [-0.2, -0.15) is 0 Å². The molecule has 0 atom stereocenters. The fourth-order valence-electron chi connectivity index (χ4n) is 2.33. The van der Waals surface area contributed by atoms with E-state index >= 15 is 0 Å². The van der Waals surface area contributed by atoms with Crippen LogP contribution in [-0.2, 0) is 0 Å². The second-order valence-electron chi connectivity index (χ2n) is 4.89. The number of rotatable bonds is 3. The zero-order valence-electron chi connectivity index (χ0n) is 11.8. The topological polar surface area (TPSA) is 79.5 Å². The van der Waals surface area contributed by atoms with Gasteiger partial charge in [-0.05, 0) is 35.9 Å². The number of carboxylic acids is 1. The molecule has 3 aromatic rings. The van der Waals surface area contributed by atoms with E-state index < -0.39 is 11.9 Å². The number of carboxylic acid groups (broad SMARTS) is 1. The van der Waals surface area contributed by atoms with Crippen LogP contribution in [0.15, 0.2) is 53.1 Å². The first-order valence-corrected chi connectivity index (χ1v) is 6.68. The number of fused-ring (bicyclic) bond motifs is 1. The molecule has 0 aliphatic rings. The number of amides is 1. The van der Waals surface area contributed by atoms with Crippen LogP contribution in [0.1, 0.15) is 26.5 Å². The highest BCUT2D eigenvalue weighted by atomic mass is 16.4. The van der Waals surface area contributed by atoms with Crippen molar-refractivity contribution in [1.82, 2.24) is 0 Å². The number of carbonyl (C=O) groups is 2. The summed E-state index contributed by atoms with van der Waals surface area (Å²) >= 11 is 0. The summed E-state index contributed by atoms with van der Waals surface area (Å²) in [5, 5.41) is 13.7. The Kier molecular flexibility index (Phi) is 3.39. The van der Waals surface area contributed by atoms with Gasteiger partial charge in [0.25, 0.3) is 5.91 Å². The summed E-state index contributed by atoms with van der Waals surface area (Å²) in [5.41, 5.74) is 0.689. The summed E-state index contributed by atoms with van der Waals surface area (Å²) in [4.78, 5) is 23.7. The van der Waals surface area contributed by atoms with Crippen molar-refractivity contribution in [2.24, 2.45) is 0 Å². The lowest BCUT2D eigenvalue weighted by atomic mass is 10.0. The van der Waals surface area contributed by atoms with Gasteiger partial charge in [0.2, 0.25) is 0 Å². The van der Waals surface area contributed by atoms with E-state index in [0.717, 1.165) is 10.8 Å². The summed E-state index contributed by atoms with van der Waals surface area (Å²) in [6.45, 7) is 1.67. The molecule has 3 rings (SSSR count). The van der Waals surface area contributed by atoms with Gasteiger partial charge in [0.15, 0.2) is 0 Å². The summed E-state index contributed by atoms with van der Waals surface area (Å²) in [7, 11) is 0. The van der Waals surface area contributed by atoms with Crippen LogP contribution in [-0.4, -0.2) is 17.0 Å². The van der Waals surface area contributed by atoms with Crippen LogP contribution in [0, 0.1) is 6.92 Å². The van der Waals surface area contributed by atoms with Crippen LogP contribution in [0.25, 0.3) is 10.8 Å². The summed E-state index contributed by atoms with van der Waals surface area (Å²) in [6, 6.07) is 12.1. The maximum absolute atomic E-state index is 12.2. The zero-order valence-corrected chi connectivity index (χ0v) is 11.8. The van der Waals surface area contributed by atoms with E-state index in [1.165, 1.54) is 6.26 Å². The normalized spacial score (nSPS) is 10.6. The number of nitrogens with one attached hydrogen (secondary N) is 1. The highest BCUT2D eigenvalue weighted by Crippen LogP contribution is 2.25. The Morgan fingerprint density at radius 1 is 1.05 bits per heavy atom. The number of carbonyl (C=O) groups excluding carboxylic acids is 1. The Morgan fingerprint density at radius 2 is 1.73 bits per heavy atom. The van der Waals surface area contributed by atoms with Gasteiger partial charge in [0.05, 0.1) is 23.1 Å². The van der Waals surface area contributed by atoms with Crippen molar-refractivity contribution >= 4 is 28.3 Å². The molecular formula is C17H13NO4. The fraction of sp³-hybridized carbons (Fsp3) is 0.0588. The second kappa shape index (κ2) is 5.37. The molecule has 5 nitrogen and oxygen atoms in total. The molecule has 22 heavy (non-hydrogen) atoms. The summed E-state index contributed by atoms with van der Waals surface area (Å²) in [5.74, 6) is -1.01. The molecule has 1 aromatic heterocycles. The smallest absolute Gasteiger partial charge is 0.337 e. The number of aryl methyl sites for hydroxylation is 1. The Hall–Kier alpha value is -3.08. The van der Waals surface area contributed by atoms with E-state index in [1.54, 1.807) is 25.1 Å². The minimum absolute atomic E-state index is 0.0493. The summed E-state index contributed by atoms with van der Waals surface area (Å²) in [6.07, 6.45) is 1.42. The summed E-state index contributed by atoms with van der Waals surface area (Å²) < 4.78 is 5.09. The lowest BCUT2D eigenvalue weighted by Crippen LogP contribution is -2.15. The molecule has 0 fully saturated rings. The van der Waals surface area contributed by atoms with Crippen LogP contribution >= 0.6 is 0 Å². The highest BCUT2D eigenvalue weighted by molar-refractivity contribution is 6.10. The number of benzene rings is 2. The molecule has 2 aromatic carbocycles. The molecule has 1 heterocycles.